The summed E-state index contributed by atoms with van der Waals surface area (Å²) in [5, 5.41) is 9.57. The van der Waals surface area contributed by atoms with Crippen molar-refractivity contribution in [3.8, 4) is 0 Å². The maximum atomic E-state index is 12.0. The van der Waals surface area contributed by atoms with Gasteiger partial charge in [0.15, 0.2) is 11.5 Å². The molecular formula is C11H13N5OS. The molecule has 1 amide bonds. The number of anilines is 1. The lowest BCUT2D eigenvalue weighted by molar-refractivity contribution is 0.0779. The van der Waals surface area contributed by atoms with Crippen LogP contribution in [0.3, 0.4) is 0 Å². The molecule has 0 spiro atoms. The second-order valence-corrected chi connectivity index (χ2v) is 4.72. The zero-order chi connectivity index (χ0) is 13.0. The van der Waals surface area contributed by atoms with Gasteiger partial charge in [-0.1, -0.05) is 6.07 Å². The van der Waals surface area contributed by atoms with E-state index in [0.717, 1.165) is 4.88 Å². The van der Waals surface area contributed by atoms with Crippen molar-refractivity contribution in [2.24, 2.45) is 5.84 Å². The molecule has 18 heavy (non-hydrogen) atoms. The molecule has 2 aromatic heterocycles. The number of nitrogen functional groups attached to an aromatic ring is 1. The molecule has 0 aliphatic carbocycles. The van der Waals surface area contributed by atoms with Crippen LogP contribution in [0.4, 0.5) is 5.82 Å². The number of thiophene rings is 1. The van der Waals surface area contributed by atoms with Crippen molar-refractivity contribution in [2.45, 2.75) is 6.54 Å². The maximum Gasteiger partial charge on any atom is 0.274 e. The van der Waals surface area contributed by atoms with Gasteiger partial charge >= 0.3 is 0 Å². The fourth-order valence-electron chi connectivity index (χ4n) is 1.43. The van der Waals surface area contributed by atoms with Gasteiger partial charge in [-0.2, -0.15) is 0 Å². The molecule has 7 heteroatoms. The van der Waals surface area contributed by atoms with Gasteiger partial charge in [-0.3, -0.25) is 4.79 Å². The number of carbonyl (C=O) groups excluding carboxylic acids is 1. The Balaban J connectivity index is 2.05. The Labute approximate surface area is 108 Å². The standard InChI is InChI=1S/C11H13N5OS/c1-16(7-8-3-2-6-18-8)11(17)9-4-5-10(13-12)15-14-9/h2-6H,7,12H2,1H3,(H,13,15). The summed E-state index contributed by atoms with van der Waals surface area (Å²) >= 11 is 1.61. The number of carbonyl (C=O) groups is 1. The first kappa shape index (κ1) is 12.5. The second-order valence-electron chi connectivity index (χ2n) is 3.69. The highest BCUT2D eigenvalue weighted by molar-refractivity contribution is 7.09. The minimum absolute atomic E-state index is 0.167. The van der Waals surface area contributed by atoms with Crippen LogP contribution < -0.4 is 11.3 Å². The molecule has 3 N–H and O–H groups in total. The summed E-state index contributed by atoms with van der Waals surface area (Å²) in [6, 6.07) is 7.15. The van der Waals surface area contributed by atoms with Crippen LogP contribution in [0.25, 0.3) is 0 Å². The SMILES string of the molecule is CN(Cc1cccs1)C(=O)c1ccc(NN)nn1. The summed E-state index contributed by atoms with van der Waals surface area (Å²) in [6.07, 6.45) is 0. The normalized spacial score (nSPS) is 10.1. The minimum Gasteiger partial charge on any atom is -0.335 e. The van der Waals surface area contributed by atoms with Gasteiger partial charge in [-0.05, 0) is 23.6 Å². The average molecular weight is 263 g/mol. The Bertz CT molecular complexity index is 511. The van der Waals surface area contributed by atoms with Crippen LogP contribution in [-0.4, -0.2) is 28.1 Å². The molecule has 0 radical (unpaired) electrons. The van der Waals surface area contributed by atoms with Gasteiger partial charge in [-0.25, -0.2) is 5.84 Å². The molecule has 0 aliphatic heterocycles. The van der Waals surface area contributed by atoms with E-state index in [1.54, 1.807) is 35.4 Å². The van der Waals surface area contributed by atoms with Crippen molar-refractivity contribution in [3.05, 3.63) is 40.2 Å². The third-order valence-electron chi connectivity index (χ3n) is 2.35. The number of hydrogen-bond donors (Lipinski definition) is 2. The van der Waals surface area contributed by atoms with E-state index in [9.17, 15) is 4.79 Å². The van der Waals surface area contributed by atoms with E-state index in [-0.39, 0.29) is 5.91 Å². The summed E-state index contributed by atoms with van der Waals surface area (Å²) in [7, 11) is 1.73. The number of nitrogens with two attached hydrogens (primary N) is 1. The highest BCUT2D eigenvalue weighted by Gasteiger charge is 2.14. The van der Waals surface area contributed by atoms with Crippen molar-refractivity contribution in [3.63, 3.8) is 0 Å². The van der Waals surface area contributed by atoms with E-state index in [0.29, 0.717) is 18.1 Å². The lowest BCUT2D eigenvalue weighted by atomic mass is 10.3. The third kappa shape index (κ3) is 2.82. The van der Waals surface area contributed by atoms with Crippen LogP contribution in [0.2, 0.25) is 0 Å². The van der Waals surface area contributed by atoms with E-state index < -0.39 is 0 Å². The molecule has 0 bridgehead atoms. The van der Waals surface area contributed by atoms with E-state index in [1.165, 1.54) is 0 Å². The number of aromatic nitrogens is 2. The number of nitrogens with one attached hydrogen (secondary N) is 1. The van der Waals surface area contributed by atoms with Gasteiger partial charge in [0.1, 0.15) is 0 Å². The van der Waals surface area contributed by atoms with E-state index in [1.807, 2.05) is 17.5 Å². The Morgan fingerprint density at radius 3 is 2.83 bits per heavy atom. The Kier molecular flexibility index (Phi) is 3.85. The predicted molar refractivity (Wildman–Crippen MR) is 70.0 cm³/mol. The first-order valence-corrected chi connectivity index (χ1v) is 6.17. The summed E-state index contributed by atoms with van der Waals surface area (Å²) < 4.78 is 0. The van der Waals surface area contributed by atoms with Crippen LogP contribution in [-0.2, 0) is 6.54 Å². The first-order chi connectivity index (χ1) is 8.70. The van der Waals surface area contributed by atoms with Gasteiger partial charge in [0.25, 0.3) is 5.91 Å². The quantitative estimate of drug-likeness (QED) is 0.637. The van der Waals surface area contributed by atoms with Crippen molar-refractivity contribution >= 4 is 23.1 Å². The molecular weight excluding hydrogens is 250 g/mol. The van der Waals surface area contributed by atoms with E-state index >= 15 is 0 Å². The fraction of sp³-hybridized carbons (Fsp3) is 0.182. The number of rotatable bonds is 4. The summed E-state index contributed by atoms with van der Waals surface area (Å²) in [5.41, 5.74) is 2.66. The molecule has 0 saturated carbocycles. The molecule has 0 atom stereocenters. The molecule has 0 saturated heterocycles. The Morgan fingerprint density at radius 2 is 2.28 bits per heavy atom. The number of hydrogen-bond acceptors (Lipinski definition) is 6. The zero-order valence-corrected chi connectivity index (χ0v) is 10.6. The van der Waals surface area contributed by atoms with Crippen LogP contribution >= 0.6 is 11.3 Å². The molecule has 94 valence electrons. The molecule has 0 unspecified atom stereocenters. The molecule has 0 fully saturated rings. The summed E-state index contributed by atoms with van der Waals surface area (Å²) in [6.45, 7) is 0.565. The molecule has 6 nitrogen and oxygen atoms in total. The lowest BCUT2D eigenvalue weighted by Crippen LogP contribution is -2.27. The molecule has 2 heterocycles. The van der Waals surface area contributed by atoms with Crippen LogP contribution in [0.5, 0.6) is 0 Å². The lowest BCUT2D eigenvalue weighted by Gasteiger charge is -2.15. The number of amides is 1. The van der Waals surface area contributed by atoms with Crippen LogP contribution in [0.1, 0.15) is 15.4 Å². The highest BCUT2D eigenvalue weighted by atomic mass is 32.1. The maximum absolute atomic E-state index is 12.0. The van der Waals surface area contributed by atoms with Gasteiger partial charge in [0, 0.05) is 11.9 Å². The molecule has 2 rings (SSSR count). The topological polar surface area (TPSA) is 84.1 Å². The van der Waals surface area contributed by atoms with Crippen LogP contribution in [0, 0.1) is 0 Å². The Morgan fingerprint density at radius 1 is 1.44 bits per heavy atom. The number of hydrazine groups is 1. The van der Waals surface area contributed by atoms with Crippen molar-refractivity contribution in [2.75, 3.05) is 12.5 Å². The van der Waals surface area contributed by atoms with Gasteiger partial charge < -0.3 is 10.3 Å². The summed E-state index contributed by atoms with van der Waals surface area (Å²) in [5.74, 6) is 5.44. The smallest absolute Gasteiger partial charge is 0.274 e. The van der Waals surface area contributed by atoms with Crippen molar-refractivity contribution < 1.29 is 4.79 Å². The summed E-state index contributed by atoms with van der Waals surface area (Å²) in [4.78, 5) is 14.8. The predicted octanol–water partition coefficient (Wildman–Crippen LogP) is 1.10. The monoisotopic (exact) mass is 263 g/mol. The van der Waals surface area contributed by atoms with E-state index in [4.69, 9.17) is 5.84 Å². The first-order valence-electron chi connectivity index (χ1n) is 5.29. The molecule has 0 aliphatic rings. The average Bonchev–Trinajstić information content (AvgIpc) is 2.91. The van der Waals surface area contributed by atoms with Gasteiger partial charge in [0.2, 0.25) is 0 Å². The second kappa shape index (κ2) is 5.56. The van der Waals surface area contributed by atoms with Crippen molar-refractivity contribution in [1.29, 1.82) is 0 Å². The molecule has 0 aromatic carbocycles. The van der Waals surface area contributed by atoms with Crippen molar-refractivity contribution in [1.82, 2.24) is 15.1 Å². The van der Waals surface area contributed by atoms with Gasteiger partial charge in [0.05, 0.1) is 6.54 Å². The fourth-order valence-corrected chi connectivity index (χ4v) is 2.18. The zero-order valence-electron chi connectivity index (χ0n) is 9.83. The third-order valence-corrected chi connectivity index (χ3v) is 3.21. The number of nitrogens with zero attached hydrogens (tertiary/aromatic N) is 3. The molecule has 2 aromatic rings. The Hall–Kier alpha value is -1.99. The van der Waals surface area contributed by atoms with Crippen LogP contribution in [0.15, 0.2) is 29.6 Å². The largest absolute Gasteiger partial charge is 0.335 e. The minimum atomic E-state index is -0.167. The highest BCUT2D eigenvalue weighted by Crippen LogP contribution is 2.12. The van der Waals surface area contributed by atoms with E-state index in [2.05, 4.69) is 15.6 Å². The van der Waals surface area contributed by atoms with Gasteiger partial charge in [-0.15, -0.1) is 21.5 Å².